The minimum atomic E-state index is -1.34. The summed E-state index contributed by atoms with van der Waals surface area (Å²) in [7, 11) is -1.09. The second kappa shape index (κ2) is 2.71. The Bertz CT molecular complexity index is 276. The van der Waals surface area contributed by atoms with Gasteiger partial charge in [0.2, 0.25) is 4.88 Å². The third kappa shape index (κ3) is 1.38. The number of primary amides is 1. The number of aromatic carboxylic acids is 1. The van der Waals surface area contributed by atoms with Gasteiger partial charge < -0.3 is 15.6 Å². The van der Waals surface area contributed by atoms with Crippen molar-refractivity contribution in [3.63, 3.8) is 0 Å². The largest absolute Gasteiger partial charge is 0.540 e. The number of carbonyl (C=O) groups is 2. The summed E-state index contributed by atoms with van der Waals surface area (Å²) in [5.41, 5.74) is 4.92. The Balaban J connectivity index is 3.16. The topological polar surface area (TPSA) is 83.2 Å². The fourth-order valence-electron chi connectivity index (χ4n) is 0.685. The monoisotopic (exact) mass is 171 g/mol. The molecule has 1 unspecified atom stereocenters. The molecule has 1 rings (SSSR count). The zero-order valence-corrected chi connectivity index (χ0v) is 6.26. The number of carbonyl (C=O) groups excluding carboxylic acids is 2. The van der Waals surface area contributed by atoms with E-state index in [9.17, 15) is 14.7 Å². The maximum atomic E-state index is 10.6. The number of nitrogens with two attached hydrogens (primary N) is 1. The number of thiophene rings is 1. The maximum Gasteiger partial charge on any atom is 0.453 e. The van der Waals surface area contributed by atoms with Crippen LogP contribution in [0.25, 0.3) is 0 Å². The fourth-order valence-corrected chi connectivity index (χ4v) is 1.82. The van der Waals surface area contributed by atoms with E-state index in [0.717, 1.165) is 0 Å². The molecule has 58 valence electrons. The molecule has 1 atom stereocenters. The van der Waals surface area contributed by atoms with Crippen LogP contribution in [-0.2, 0) is 0 Å². The maximum absolute atomic E-state index is 10.6. The van der Waals surface area contributed by atoms with E-state index in [0.29, 0.717) is 0 Å². The van der Waals surface area contributed by atoms with Crippen molar-refractivity contribution in [1.82, 2.24) is 0 Å². The third-order valence-corrected chi connectivity index (χ3v) is 2.76. The molecule has 5 heteroatoms. The van der Waals surface area contributed by atoms with Crippen molar-refractivity contribution in [2.24, 2.45) is 5.73 Å². The van der Waals surface area contributed by atoms with Crippen molar-refractivity contribution in [2.45, 2.75) is 0 Å². The highest BCUT2D eigenvalue weighted by atomic mass is 32.2. The van der Waals surface area contributed by atoms with Crippen LogP contribution >= 0.6 is 10.5 Å². The molecule has 4 nitrogen and oxygen atoms in total. The summed E-state index contributed by atoms with van der Waals surface area (Å²) in [4.78, 5) is 20.8. The SMILES string of the molecule is NC(=O)[s+]1cccc1C(=O)[O-]. The average Bonchev–Trinajstić information content (AvgIpc) is 2.32. The van der Waals surface area contributed by atoms with Crippen LogP contribution in [0.4, 0.5) is 4.79 Å². The Kier molecular flexibility index (Phi) is 1.91. The molecular formula is C6H5NO3S. The molecule has 1 heterocycles. The second-order valence-corrected chi connectivity index (χ2v) is 3.59. The lowest BCUT2D eigenvalue weighted by Gasteiger charge is -1.91. The van der Waals surface area contributed by atoms with Gasteiger partial charge in [0.15, 0.2) is 0 Å². The molecule has 0 saturated carbocycles. The molecule has 0 spiro atoms. The summed E-state index contributed by atoms with van der Waals surface area (Å²) in [6.07, 6.45) is 0. The van der Waals surface area contributed by atoms with Crippen molar-refractivity contribution in [1.29, 1.82) is 0 Å². The summed E-state index contributed by atoms with van der Waals surface area (Å²) >= 11 is 0. The van der Waals surface area contributed by atoms with Crippen molar-refractivity contribution >= 4 is 21.7 Å². The molecule has 2 N–H and O–H groups in total. The molecule has 0 bridgehead atoms. The lowest BCUT2D eigenvalue weighted by Crippen LogP contribution is -2.22. The standard InChI is InChI=1S/C6H5NO3S/c7-6(10)11-3-1-2-4(11)5(8)9/h1-3H,(H2-,7,8,9,10). The molecule has 1 aromatic heterocycles. The van der Waals surface area contributed by atoms with Crippen LogP contribution < -0.4 is 10.8 Å². The normalized spacial score (nSPS) is 11.1. The molecule has 1 aromatic rings. The first-order valence-corrected chi connectivity index (χ1v) is 4.04. The molecular weight excluding hydrogens is 166 g/mol. The number of carboxylic acids is 1. The van der Waals surface area contributed by atoms with Crippen LogP contribution in [0, 0.1) is 0 Å². The van der Waals surface area contributed by atoms with Crippen molar-refractivity contribution < 1.29 is 14.7 Å². The van der Waals surface area contributed by atoms with Crippen molar-refractivity contribution in [2.75, 3.05) is 0 Å². The molecule has 11 heavy (non-hydrogen) atoms. The predicted octanol–water partition coefficient (Wildman–Crippen LogP) is -0.274. The first kappa shape index (κ1) is 7.74. The van der Waals surface area contributed by atoms with Gasteiger partial charge in [-0.05, 0) is 6.07 Å². The number of carboxylic acid groups (broad SMARTS) is 1. The molecule has 0 aliphatic rings. The summed E-state index contributed by atoms with van der Waals surface area (Å²) in [5.74, 6) is -1.34. The Labute approximate surface area is 65.2 Å². The van der Waals surface area contributed by atoms with E-state index in [2.05, 4.69) is 0 Å². The van der Waals surface area contributed by atoms with Gasteiger partial charge in [0.05, 0.1) is 10.5 Å². The predicted molar refractivity (Wildman–Crippen MR) is 38.2 cm³/mol. The molecule has 1 amide bonds. The van der Waals surface area contributed by atoms with E-state index in [1.165, 1.54) is 17.5 Å². The van der Waals surface area contributed by atoms with E-state index >= 15 is 0 Å². The zero-order chi connectivity index (χ0) is 8.43. The molecule has 0 radical (unpaired) electrons. The van der Waals surface area contributed by atoms with Gasteiger partial charge >= 0.3 is 5.24 Å². The molecule has 0 aliphatic carbocycles. The average molecular weight is 171 g/mol. The smallest absolute Gasteiger partial charge is 0.453 e. The van der Waals surface area contributed by atoms with E-state index in [4.69, 9.17) is 5.73 Å². The number of amides is 1. The first-order valence-electron chi connectivity index (χ1n) is 2.75. The minimum Gasteiger partial charge on any atom is -0.540 e. The van der Waals surface area contributed by atoms with Crippen LogP contribution in [0.2, 0.25) is 0 Å². The van der Waals surface area contributed by atoms with Crippen molar-refractivity contribution in [3.05, 3.63) is 22.4 Å². The van der Waals surface area contributed by atoms with Gasteiger partial charge in [-0.15, -0.1) is 0 Å². The third-order valence-electron chi connectivity index (χ3n) is 1.12. The van der Waals surface area contributed by atoms with E-state index in [-0.39, 0.29) is 4.88 Å². The summed E-state index contributed by atoms with van der Waals surface area (Å²) in [6, 6.07) is 2.81. The summed E-state index contributed by atoms with van der Waals surface area (Å²) in [5, 5.41) is 11.1. The van der Waals surface area contributed by atoms with E-state index < -0.39 is 21.7 Å². The van der Waals surface area contributed by atoms with E-state index in [1.54, 1.807) is 0 Å². The van der Waals surface area contributed by atoms with Gasteiger partial charge in [-0.1, -0.05) is 0 Å². The molecule has 0 aliphatic heterocycles. The molecule has 0 fully saturated rings. The van der Waals surface area contributed by atoms with Gasteiger partial charge in [-0.3, -0.25) is 0 Å². The molecule has 0 saturated heterocycles. The zero-order valence-electron chi connectivity index (χ0n) is 5.44. The number of rotatable bonds is 2. The van der Waals surface area contributed by atoms with Gasteiger partial charge in [0, 0.05) is 6.07 Å². The minimum absolute atomic E-state index is 0.0440. The summed E-state index contributed by atoms with van der Waals surface area (Å²) < 4.78 is 0. The van der Waals surface area contributed by atoms with Gasteiger partial charge in [-0.2, -0.15) is 0 Å². The van der Waals surface area contributed by atoms with Gasteiger partial charge in [-0.25, -0.2) is 4.79 Å². The van der Waals surface area contributed by atoms with Gasteiger partial charge in [0.1, 0.15) is 11.3 Å². The lowest BCUT2D eigenvalue weighted by atomic mass is 10.5. The van der Waals surface area contributed by atoms with Crippen molar-refractivity contribution in [3.8, 4) is 0 Å². The van der Waals surface area contributed by atoms with Crippen LogP contribution in [0.5, 0.6) is 0 Å². The highest BCUT2D eigenvalue weighted by Gasteiger charge is 2.19. The number of hydrogen-bond donors (Lipinski definition) is 1. The molecule has 0 aromatic carbocycles. The lowest BCUT2D eigenvalue weighted by molar-refractivity contribution is -0.254. The van der Waals surface area contributed by atoms with Crippen LogP contribution in [0.3, 0.4) is 0 Å². The first-order chi connectivity index (χ1) is 5.13. The fraction of sp³-hybridized carbons (Fsp3) is 0. The van der Waals surface area contributed by atoms with Crippen LogP contribution in [0.1, 0.15) is 9.67 Å². The van der Waals surface area contributed by atoms with Crippen LogP contribution in [0.15, 0.2) is 17.5 Å². The quantitative estimate of drug-likeness (QED) is 0.621. The Hall–Kier alpha value is -1.36. The van der Waals surface area contributed by atoms with E-state index in [1.807, 2.05) is 0 Å². The Morgan fingerprint density at radius 2 is 2.18 bits per heavy atom. The summed E-state index contributed by atoms with van der Waals surface area (Å²) in [6.45, 7) is 0. The van der Waals surface area contributed by atoms with Crippen LogP contribution in [-0.4, -0.2) is 11.2 Å². The highest BCUT2D eigenvalue weighted by Crippen LogP contribution is 2.22. The number of hydrogen-bond acceptors (Lipinski definition) is 3. The Morgan fingerprint density at radius 1 is 1.55 bits per heavy atom. The highest BCUT2D eigenvalue weighted by molar-refractivity contribution is 7.51. The van der Waals surface area contributed by atoms with Gasteiger partial charge in [0.25, 0.3) is 0 Å². The second-order valence-electron chi connectivity index (χ2n) is 1.80. The Morgan fingerprint density at radius 3 is 2.55 bits per heavy atom.